The maximum absolute atomic E-state index is 12.0. The zero-order valence-corrected chi connectivity index (χ0v) is 24.1. The first kappa shape index (κ1) is 27.5. The number of carbonyl (C=O) groups excluding carboxylic acids is 1. The van der Waals surface area contributed by atoms with Gasteiger partial charge in [-0.1, -0.05) is 53.7 Å². The molecule has 4 aliphatic rings. The van der Waals surface area contributed by atoms with Gasteiger partial charge in [0.25, 0.3) is 0 Å². The summed E-state index contributed by atoms with van der Waals surface area (Å²) in [5.41, 5.74) is -0.792. The molecule has 3 nitrogen and oxygen atoms in total. The summed E-state index contributed by atoms with van der Waals surface area (Å²) in [7, 11) is 0. The summed E-state index contributed by atoms with van der Waals surface area (Å²) in [6.07, 6.45) is 14.2. The molecule has 0 aromatic rings. The Morgan fingerprint density at radius 1 is 1.09 bits per heavy atom. The molecule has 4 heteroatoms. The Morgan fingerprint density at radius 2 is 1.80 bits per heavy atom. The van der Waals surface area contributed by atoms with Crippen molar-refractivity contribution in [2.45, 2.75) is 123 Å². The number of alkyl halides is 1. The van der Waals surface area contributed by atoms with Crippen LogP contribution in [0.15, 0.2) is 12.2 Å². The molecular formula is C31H51ClO3. The highest BCUT2D eigenvalue weighted by molar-refractivity contribution is 6.21. The van der Waals surface area contributed by atoms with E-state index in [2.05, 4.69) is 53.7 Å². The topological polar surface area (TPSA) is 46.5 Å². The molecule has 0 radical (unpaired) electrons. The van der Waals surface area contributed by atoms with Gasteiger partial charge < -0.3 is 9.84 Å². The lowest BCUT2D eigenvalue weighted by molar-refractivity contribution is -0.221. The maximum atomic E-state index is 12.0. The van der Waals surface area contributed by atoms with Gasteiger partial charge in [0, 0.05) is 18.8 Å². The lowest BCUT2D eigenvalue weighted by Gasteiger charge is -2.65. The molecule has 4 aliphatic carbocycles. The molecule has 11 atom stereocenters. The van der Waals surface area contributed by atoms with E-state index in [9.17, 15) is 9.90 Å². The highest BCUT2D eigenvalue weighted by Gasteiger charge is 2.67. The van der Waals surface area contributed by atoms with Crippen LogP contribution in [0.1, 0.15) is 106 Å². The average molecular weight is 507 g/mol. The van der Waals surface area contributed by atoms with Crippen LogP contribution in [0.25, 0.3) is 0 Å². The Kier molecular flexibility index (Phi) is 7.83. The van der Waals surface area contributed by atoms with E-state index in [0.717, 1.165) is 25.2 Å². The summed E-state index contributed by atoms with van der Waals surface area (Å²) in [5, 5.41) is 11.8. The van der Waals surface area contributed by atoms with Crippen LogP contribution in [-0.4, -0.2) is 28.2 Å². The predicted molar refractivity (Wildman–Crippen MR) is 144 cm³/mol. The van der Waals surface area contributed by atoms with E-state index >= 15 is 0 Å². The zero-order valence-electron chi connectivity index (χ0n) is 23.4. The van der Waals surface area contributed by atoms with Gasteiger partial charge in [-0.25, -0.2) is 0 Å². The summed E-state index contributed by atoms with van der Waals surface area (Å²) in [5.74, 6) is 4.25. The van der Waals surface area contributed by atoms with E-state index in [4.69, 9.17) is 16.3 Å². The van der Waals surface area contributed by atoms with Crippen LogP contribution in [-0.2, 0) is 9.53 Å². The van der Waals surface area contributed by atoms with Crippen LogP contribution in [0.3, 0.4) is 0 Å². The summed E-state index contributed by atoms with van der Waals surface area (Å²) in [6, 6.07) is 0. The number of halogens is 1. The molecule has 0 amide bonds. The second kappa shape index (κ2) is 9.97. The van der Waals surface area contributed by atoms with Gasteiger partial charge >= 0.3 is 5.97 Å². The summed E-state index contributed by atoms with van der Waals surface area (Å²) in [6.45, 7) is 15.8. The van der Waals surface area contributed by atoms with Gasteiger partial charge in [0.05, 0.1) is 11.0 Å². The third-order valence-corrected chi connectivity index (χ3v) is 12.3. The highest BCUT2D eigenvalue weighted by atomic mass is 35.5. The molecule has 0 heterocycles. The normalized spacial score (nSPS) is 47.1. The molecule has 0 aromatic carbocycles. The first-order chi connectivity index (χ1) is 16.4. The van der Waals surface area contributed by atoms with Gasteiger partial charge in [-0.2, -0.15) is 0 Å². The maximum Gasteiger partial charge on any atom is 0.302 e. The average Bonchev–Trinajstić information content (AvgIpc) is 3.13. The van der Waals surface area contributed by atoms with Crippen LogP contribution < -0.4 is 0 Å². The van der Waals surface area contributed by atoms with Crippen molar-refractivity contribution in [1.29, 1.82) is 0 Å². The predicted octanol–water partition coefficient (Wildman–Crippen LogP) is 7.78. The van der Waals surface area contributed by atoms with E-state index < -0.39 is 5.60 Å². The van der Waals surface area contributed by atoms with E-state index in [1.165, 1.54) is 39.0 Å². The van der Waals surface area contributed by atoms with Crippen molar-refractivity contribution in [2.75, 3.05) is 0 Å². The molecule has 1 N–H and O–H groups in total. The smallest absolute Gasteiger partial charge is 0.302 e. The summed E-state index contributed by atoms with van der Waals surface area (Å²) in [4.78, 5) is 11.6. The van der Waals surface area contributed by atoms with Gasteiger partial charge in [-0.15, -0.1) is 11.6 Å². The monoisotopic (exact) mass is 506 g/mol. The minimum absolute atomic E-state index is 0.199. The van der Waals surface area contributed by atoms with E-state index in [0.29, 0.717) is 47.3 Å². The van der Waals surface area contributed by atoms with Gasteiger partial charge in [-0.3, -0.25) is 4.79 Å². The van der Waals surface area contributed by atoms with Crippen LogP contribution in [0.4, 0.5) is 0 Å². The Bertz CT molecular complexity index is 809. The van der Waals surface area contributed by atoms with Gasteiger partial charge in [0.15, 0.2) is 0 Å². The molecule has 0 spiro atoms. The number of rotatable bonds is 6. The number of ether oxygens (including phenoxy) is 1. The number of hydrogen-bond donors (Lipinski definition) is 1. The van der Waals surface area contributed by atoms with Crippen molar-refractivity contribution >= 4 is 17.6 Å². The van der Waals surface area contributed by atoms with E-state index in [1.54, 1.807) is 0 Å². The Balaban J connectivity index is 1.54. The molecule has 0 bridgehead atoms. The zero-order chi connectivity index (χ0) is 25.8. The van der Waals surface area contributed by atoms with Crippen LogP contribution in [0.5, 0.6) is 0 Å². The molecule has 0 aromatic heterocycles. The molecule has 200 valence electrons. The molecule has 0 saturated heterocycles. The highest BCUT2D eigenvalue weighted by Crippen LogP contribution is 2.69. The molecule has 0 aliphatic heterocycles. The molecule has 4 fully saturated rings. The quantitative estimate of drug-likeness (QED) is 0.227. The molecule has 35 heavy (non-hydrogen) atoms. The van der Waals surface area contributed by atoms with Gasteiger partial charge in [0.2, 0.25) is 0 Å². The molecule has 4 rings (SSSR count). The van der Waals surface area contributed by atoms with E-state index in [1.807, 2.05) is 0 Å². The Hall–Kier alpha value is -0.540. The second-order valence-corrected chi connectivity index (χ2v) is 14.2. The van der Waals surface area contributed by atoms with Crippen molar-refractivity contribution in [2.24, 2.45) is 52.3 Å². The fraction of sp³-hybridized carbons (Fsp3) is 0.903. The molecule has 11 unspecified atom stereocenters. The number of allylic oxidation sites excluding steroid dienone is 2. The third kappa shape index (κ3) is 4.53. The van der Waals surface area contributed by atoms with Crippen LogP contribution in [0.2, 0.25) is 0 Å². The number of fused-ring (bicyclic) bond motifs is 5. The number of aliphatic hydroxyl groups is 1. The van der Waals surface area contributed by atoms with Gasteiger partial charge in [-0.05, 0) is 98.2 Å². The van der Waals surface area contributed by atoms with Crippen LogP contribution >= 0.6 is 11.6 Å². The van der Waals surface area contributed by atoms with Crippen molar-refractivity contribution in [3.05, 3.63) is 12.2 Å². The van der Waals surface area contributed by atoms with Gasteiger partial charge in [0.1, 0.15) is 6.10 Å². The lowest BCUT2D eigenvalue weighted by Crippen LogP contribution is -2.67. The van der Waals surface area contributed by atoms with Crippen molar-refractivity contribution in [1.82, 2.24) is 0 Å². The summed E-state index contributed by atoms with van der Waals surface area (Å²) < 4.78 is 5.56. The first-order valence-electron chi connectivity index (χ1n) is 14.6. The Labute approximate surface area is 219 Å². The van der Waals surface area contributed by atoms with Crippen molar-refractivity contribution in [3.8, 4) is 0 Å². The summed E-state index contributed by atoms with van der Waals surface area (Å²) >= 11 is 7.11. The SMILES string of the molecule is CCC(/C=C/C(C)C1CCC2C3CC(Cl)C4(O)CC(OC(C)=O)CCC4(C)C3CCC12C)C(C)C. The number of esters is 1. The lowest BCUT2D eigenvalue weighted by atomic mass is 9.43. The van der Waals surface area contributed by atoms with Crippen LogP contribution in [0, 0.1) is 52.3 Å². The number of hydrogen-bond acceptors (Lipinski definition) is 3. The van der Waals surface area contributed by atoms with E-state index in [-0.39, 0.29) is 22.9 Å². The standard InChI is InChI=1S/C31H51ClO3/c1-8-22(19(2)3)10-9-20(4)25-11-12-26-24-17-28(32)31(34)18-23(35-21(5)33)13-16-30(31,7)27(24)14-15-29(25,26)6/h9-10,19-20,22-28,34H,8,11-18H2,1-7H3/b10-9+. The fourth-order valence-electron chi connectivity index (χ4n) is 9.71. The fourth-order valence-corrected chi connectivity index (χ4v) is 10.3. The largest absolute Gasteiger partial charge is 0.462 e. The second-order valence-electron chi connectivity index (χ2n) is 13.7. The van der Waals surface area contributed by atoms with Crippen molar-refractivity contribution in [3.63, 3.8) is 0 Å². The minimum Gasteiger partial charge on any atom is -0.462 e. The third-order valence-electron chi connectivity index (χ3n) is 11.8. The molecular weight excluding hydrogens is 456 g/mol. The van der Waals surface area contributed by atoms with Crippen molar-refractivity contribution < 1.29 is 14.6 Å². The number of carbonyl (C=O) groups is 1. The Morgan fingerprint density at radius 3 is 2.43 bits per heavy atom. The first-order valence-corrected chi connectivity index (χ1v) is 15.0. The molecule has 4 saturated carbocycles. The minimum atomic E-state index is -0.956.